The van der Waals surface area contributed by atoms with Crippen LogP contribution < -0.4 is 14.9 Å². The molecule has 26 heavy (non-hydrogen) atoms. The monoisotopic (exact) mass is 381 g/mol. The predicted molar refractivity (Wildman–Crippen MR) is 109 cm³/mol. The average Bonchev–Trinajstić information content (AvgIpc) is 2.64. The molecule has 1 fully saturated rings. The molecular weight excluding hydrogens is 350 g/mol. The van der Waals surface area contributed by atoms with Crippen LogP contribution in [0.2, 0.25) is 0 Å². The molecule has 0 unspecified atom stereocenters. The summed E-state index contributed by atoms with van der Waals surface area (Å²) in [7, 11) is -1.39. The maximum atomic E-state index is 11.5. The lowest BCUT2D eigenvalue weighted by Gasteiger charge is -2.38. The van der Waals surface area contributed by atoms with Crippen LogP contribution in [0.1, 0.15) is 18.1 Å². The Morgan fingerprint density at radius 2 is 1.85 bits per heavy atom. The molecule has 0 atom stereocenters. The van der Waals surface area contributed by atoms with Crippen molar-refractivity contribution in [1.29, 1.82) is 0 Å². The molecule has 1 saturated heterocycles. The molecule has 146 valence electrons. The van der Waals surface area contributed by atoms with Gasteiger partial charge in [-0.25, -0.2) is 13.1 Å². The fourth-order valence-electron chi connectivity index (χ4n) is 3.05. The van der Waals surface area contributed by atoms with E-state index >= 15 is 0 Å². The third-order valence-corrected chi connectivity index (χ3v) is 6.22. The number of nitrogens with zero attached hydrogens (tertiary/aromatic N) is 3. The highest BCUT2D eigenvalue weighted by Gasteiger charge is 2.21. The summed E-state index contributed by atoms with van der Waals surface area (Å²) in [4.78, 5) is 8.97. The summed E-state index contributed by atoms with van der Waals surface area (Å²) in [6, 6.07) is 6.44. The number of nitrogens with one attached hydrogen (secondary N) is 2. The third-order valence-electron chi connectivity index (χ3n) is 4.82. The van der Waals surface area contributed by atoms with Crippen molar-refractivity contribution in [3.05, 3.63) is 29.3 Å². The molecule has 1 aliphatic rings. The SMILES string of the molecule is CCS(=O)(=O)NCCNC(=NC)N1CCN(c2cccc(C)c2C)CC1. The van der Waals surface area contributed by atoms with Gasteiger partial charge in [0.25, 0.3) is 0 Å². The maximum absolute atomic E-state index is 11.5. The molecule has 0 aliphatic carbocycles. The molecule has 2 N–H and O–H groups in total. The Kier molecular flexibility index (Phi) is 7.28. The van der Waals surface area contributed by atoms with Gasteiger partial charge in [0.15, 0.2) is 5.96 Å². The van der Waals surface area contributed by atoms with Crippen molar-refractivity contribution < 1.29 is 8.42 Å². The zero-order valence-electron chi connectivity index (χ0n) is 16.2. The topological polar surface area (TPSA) is 77.0 Å². The molecule has 0 amide bonds. The highest BCUT2D eigenvalue weighted by molar-refractivity contribution is 7.89. The zero-order valence-corrected chi connectivity index (χ0v) is 17.1. The van der Waals surface area contributed by atoms with Gasteiger partial charge in [-0.3, -0.25) is 4.99 Å². The van der Waals surface area contributed by atoms with Gasteiger partial charge in [-0.2, -0.15) is 0 Å². The number of anilines is 1. The zero-order chi connectivity index (χ0) is 19.2. The predicted octanol–water partition coefficient (Wildman–Crippen LogP) is 0.940. The minimum absolute atomic E-state index is 0.0993. The number of hydrogen-bond donors (Lipinski definition) is 2. The highest BCUT2D eigenvalue weighted by Crippen LogP contribution is 2.23. The van der Waals surface area contributed by atoms with E-state index in [2.05, 4.69) is 56.9 Å². The molecule has 1 aromatic rings. The summed E-state index contributed by atoms with van der Waals surface area (Å²) in [5, 5.41) is 3.24. The van der Waals surface area contributed by atoms with Crippen molar-refractivity contribution in [1.82, 2.24) is 14.9 Å². The standard InChI is InChI=1S/C18H31N5O2S/c1-5-26(24,25)21-10-9-20-18(19-4)23-13-11-22(12-14-23)17-8-6-7-15(2)16(17)3/h6-8,21H,5,9-14H2,1-4H3,(H,19,20). The summed E-state index contributed by atoms with van der Waals surface area (Å²) >= 11 is 0. The van der Waals surface area contributed by atoms with E-state index < -0.39 is 10.0 Å². The fraction of sp³-hybridized carbons (Fsp3) is 0.611. The van der Waals surface area contributed by atoms with Crippen LogP contribution in [-0.2, 0) is 10.0 Å². The Labute approximate surface area is 157 Å². The van der Waals surface area contributed by atoms with Crippen molar-refractivity contribution in [3.63, 3.8) is 0 Å². The van der Waals surface area contributed by atoms with Gasteiger partial charge in [0.05, 0.1) is 5.75 Å². The number of aliphatic imine (C=N–C) groups is 1. The quantitative estimate of drug-likeness (QED) is 0.436. The third kappa shape index (κ3) is 5.35. The van der Waals surface area contributed by atoms with E-state index in [1.54, 1.807) is 14.0 Å². The first kappa shape index (κ1) is 20.5. The maximum Gasteiger partial charge on any atom is 0.211 e. The number of sulfonamides is 1. The second kappa shape index (κ2) is 9.23. The van der Waals surface area contributed by atoms with Gasteiger partial charge in [-0.05, 0) is 38.0 Å². The summed E-state index contributed by atoms with van der Waals surface area (Å²) in [5.41, 5.74) is 3.96. The normalized spacial score (nSPS) is 16.1. The summed E-state index contributed by atoms with van der Waals surface area (Å²) < 4.78 is 25.5. The van der Waals surface area contributed by atoms with Crippen LogP contribution in [0.4, 0.5) is 5.69 Å². The Morgan fingerprint density at radius 3 is 2.46 bits per heavy atom. The Morgan fingerprint density at radius 1 is 1.15 bits per heavy atom. The van der Waals surface area contributed by atoms with Gasteiger partial charge in [-0.1, -0.05) is 12.1 Å². The minimum Gasteiger partial charge on any atom is -0.368 e. The van der Waals surface area contributed by atoms with Crippen molar-refractivity contribution in [2.75, 3.05) is 57.0 Å². The van der Waals surface area contributed by atoms with Crippen molar-refractivity contribution in [3.8, 4) is 0 Å². The largest absolute Gasteiger partial charge is 0.368 e. The Balaban J connectivity index is 1.84. The number of rotatable bonds is 6. The lowest BCUT2D eigenvalue weighted by molar-refractivity contribution is 0.372. The summed E-state index contributed by atoms with van der Waals surface area (Å²) in [6.07, 6.45) is 0. The minimum atomic E-state index is -3.14. The van der Waals surface area contributed by atoms with Gasteiger partial charge in [0, 0.05) is 52.0 Å². The first-order valence-corrected chi connectivity index (χ1v) is 10.8. The van der Waals surface area contributed by atoms with E-state index in [-0.39, 0.29) is 5.75 Å². The van der Waals surface area contributed by atoms with Crippen LogP contribution in [0.25, 0.3) is 0 Å². The number of guanidine groups is 1. The van der Waals surface area contributed by atoms with Crippen LogP contribution in [0, 0.1) is 13.8 Å². The molecule has 8 heteroatoms. The van der Waals surface area contributed by atoms with Gasteiger partial charge in [-0.15, -0.1) is 0 Å². The molecule has 0 saturated carbocycles. The number of piperazine rings is 1. The lowest BCUT2D eigenvalue weighted by atomic mass is 10.1. The van der Waals surface area contributed by atoms with Gasteiger partial charge in [0.1, 0.15) is 0 Å². The van der Waals surface area contributed by atoms with Gasteiger partial charge >= 0.3 is 0 Å². The second-order valence-corrected chi connectivity index (χ2v) is 8.56. The van der Waals surface area contributed by atoms with E-state index in [1.165, 1.54) is 16.8 Å². The number of benzene rings is 1. The molecular formula is C18H31N5O2S. The lowest BCUT2D eigenvalue weighted by Crippen LogP contribution is -2.53. The van der Waals surface area contributed by atoms with Crippen molar-refractivity contribution in [2.45, 2.75) is 20.8 Å². The molecule has 2 rings (SSSR count). The second-order valence-electron chi connectivity index (χ2n) is 6.46. The average molecular weight is 382 g/mol. The number of hydrogen-bond acceptors (Lipinski definition) is 4. The Hall–Kier alpha value is -1.80. The van der Waals surface area contributed by atoms with E-state index in [1.807, 2.05) is 0 Å². The van der Waals surface area contributed by atoms with E-state index in [0.29, 0.717) is 13.1 Å². The van der Waals surface area contributed by atoms with Crippen LogP contribution in [0.3, 0.4) is 0 Å². The number of aryl methyl sites for hydroxylation is 1. The highest BCUT2D eigenvalue weighted by atomic mass is 32.2. The van der Waals surface area contributed by atoms with Crippen LogP contribution in [-0.4, -0.2) is 71.3 Å². The Bertz CT molecular complexity index is 725. The molecule has 1 aromatic carbocycles. The van der Waals surface area contributed by atoms with E-state index in [0.717, 1.165) is 32.1 Å². The molecule has 0 radical (unpaired) electrons. The van der Waals surface area contributed by atoms with Crippen LogP contribution in [0.15, 0.2) is 23.2 Å². The van der Waals surface area contributed by atoms with Crippen LogP contribution in [0.5, 0.6) is 0 Å². The summed E-state index contributed by atoms with van der Waals surface area (Å²) in [5.74, 6) is 0.920. The summed E-state index contributed by atoms with van der Waals surface area (Å²) in [6.45, 7) is 10.5. The van der Waals surface area contributed by atoms with Crippen molar-refractivity contribution >= 4 is 21.7 Å². The molecule has 1 heterocycles. The first-order valence-electron chi connectivity index (χ1n) is 9.12. The fourth-order valence-corrected chi connectivity index (χ4v) is 3.67. The van der Waals surface area contributed by atoms with Gasteiger partial charge in [0.2, 0.25) is 10.0 Å². The van der Waals surface area contributed by atoms with E-state index in [9.17, 15) is 8.42 Å². The molecule has 7 nitrogen and oxygen atoms in total. The van der Waals surface area contributed by atoms with E-state index in [4.69, 9.17) is 0 Å². The molecule has 0 aromatic heterocycles. The smallest absolute Gasteiger partial charge is 0.211 e. The van der Waals surface area contributed by atoms with Gasteiger partial charge < -0.3 is 15.1 Å². The van der Waals surface area contributed by atoms with Crippen LogP contribution >= 0.6 is 0 Å². The first-order chi connectivity index (χ1) is 12.4. The molecule has 1 aliphatic heterocycles. The van der Waals surface area contributed by atoms with Crippen molar-refractivity contribution in [2.24, 2.45) is 4.99 Å². The molecule has 0 bridgehead atoms. The molecule has 0 spiro atoms.